The molecule has 2 aromatic heterocycles. The van der Waals surface area contributed by atoms with Crippen LogP contribution in [0.1, 0.15) is 0 Å². The van der Waals surface area contributed by atoms with E-state index in [0.717, 1.165) is 16.9 Å². The molecule has 0 aliphatic rings. The number of pyridine rings is 1. The first-order valence-electron chi connectivity index (χ1n) is 8.65. The first kappa shape index (κ1) is 17.5. The van der Waals surface area contributed by atoms with Crippen LogP contribution in [0.4, 0.5) is 0 Å². The van der Waals surface area contributed by atoms with Crippen molar-refractivity contribution in [2.24, 2.45) is 0 Å². The number of rotatable bonds is 2. The number of hydrogen-bond acceptors (Lipinski definition) is 0. The van der Waals surface area contributed by atoms with Crippen molar-refractivity contribution in [1.29, 1.82) is 0 Å². The number of benzene rings is 3. The Morgan fingerprint density at radius 2 is 1.41 bits per heavy atom. The van der Waals surface area contributed by atoms with Gasteiger partial charge in [-0.05, 0) is 23.9 Å². The quantitative estimate of drug-likeness (QED) is 0.222. The molecule has 0 aliphatic carbocycles. The molecule has 3 aromatic carbocycles. The molecule has 0 saturated carbocycles. The van der Waals surface area contributed by atoms with E-state index in [0.29, 0.717) is 0 Å². The number of nitrogens with zero attached hydrogens (tertiary/aromatic N) is 2. The molecule has 0 bridgehead atoms. The third kappa shape index (κ3) is 2.86. The van der Waals surface area contributed by atoms with Gasteiger partial charge in [0.25, 0.3) is 0 Å². The largest absolute Gasteiger partial charge is 0.327 e. The summed E-state index contributed by atoms with van der Waals surface area (Å²) in [4.78, 5) is 0. The monoisotopic (exact) mass is 526 g/mol. The molecular formula is C24H17IrN2-. The SMILES string of the molecule is [CH2-][n+]1ccccc1-c1[c-]ccc(-n2c3ccccc3c3ccccc32)c1.[Ir]. The van der Waals surface area contributed by atoms with Crippen LogP contribution >= 0.6 is 0 Å². The predicted octanol–water partition coefficient (Wildman–Crippen LogP) is 5.18. The summed E-state index contributed by atoms with van der Waals surface area (Å²) in [6.07, 6.45) is 1.95. The van der Waals surface area contributed by atoms with E-state index in [4.69, 9.17) is 0 Å². The summed E-state index contributed by atoms with van der Waals surface area (Å²) in [6.45, 7) is 0. The van der Waals surface area contributed by atoms with Crippen molar-refractivity contribution in [1.82, 2.24) is 4.57 Å². The molecule has 0 N–H and O–H groups in total. The Kier molecular flexibility index (Phi) is 4.57. The number of hydrogen-bond donors (Lipinski definition) is 0. The van der Waals surface area contributed by atoms with Gasteiger partial charge in [0, 0.05) is 37.9 Å². The van der Waals surface area contributed by atoms with Crippen LogP contribution in [0.15, 0.2) is 91.1 Å². The fourth-order valence-corrected chi connectivity index (χ4v) is 3.66. The van der Waals surface area contributed by atoms with Crippen molar-refractivity contribution in [2.75, 3.05) is 0 Å². The van der Waals surface area contributed by atoms with Gasteiger partial charge in [0.2, 0.25) is 0 Å². The van der Waals surface area contributed by atoms with Crippen molar-refractivity contribution in [2.45, 2.75) is 0 Å². The zero-order valence-corrected chi connectivity index (χ0v) is 17.0. The van der Waals surface area contributed by atoms with Crippen LogP contribution in [0.5, 0.6) is 0 Å². The van der Waals surface area contributed by atoms with Crippen molar-refractivity contribution < 1.29 is 24.7 Å². The van der Waals surface area contributed by atoms with Gasteiger partial charge in [-0.1, -0.05) is 54.1 Å². The summed E-state index contributed by atoms with van der Waals surface area (Å²) >= 11 is 0. The number of para-hydroxylation sites is 2. The maximum Gasteiger partial charge on any atom is 0.115 e. The molecule has 2 nitrogen and oxygen atoms in total. The fraction of sp³-hybridized carbons (Fsp3) is 0. The van der Waals surface area contributed by atoms with E-state index in [1.807, 2.05) is 29.0 Å². The van der Waals surface area contributed by atoms with Gasteiger partial charge in [-0.15, -0.1) is 24.3 Å². The maximum absolute atomic E-state index is 4.08. The molecule has 0 aliphatic heterocycles. The van der Waals surface area contributed by atoms with Crippen LogP contribution in [-0.2, 0) is 20.1 Å². The summed E-state index contributed by atoms with van der Waals surface area (Å²) in [5, 5.41) is 2.54. The van der Waals surface area contributed by atoms with Gasteiger partial charge < -0.3 is 9.13 Å². The first-order chi connectivity index (χ1) is 12.8. The summed E-state index contributed by atoms with van der Waals surface area (Å²) in [5.74, 6) is 0. The molecular weight excluding hydrogens is 508 g/mol. The zero-order chi connectivity index (χ0) is 17.5. The normalized spacial score (nSPS) is 10.8. The molecule has 133 valence electrons. The summed E-state index contributed by atoms with van der Waals surface area (Å²) in [5.41, 5.74) is 5.61. The standard InChI is InChI=1S/C24H17N2.Ir/c1-25-16-7-6-13-22(25)18-9-8-10-19(17-18)26-23-14-4-2-11-20(23)21-12-3-5-15-24(21)26;/h2-8,10-17H,1H2;/q-1;. The predicted molar refractivity (Wildman–Crippen MR) is 106 cm³/mol. The van der Waals surface area contributed by atoms with Crippen LogP contribution in [0.2, 0.25) is 0 Å². The molecule has 5 rings (SSSR count). The third-order valence-corrected chi connectivity index (χ3v) is 4.84. The number of aromatic nitrogens is 2. The molecule has 0 unspecified atom stereocenters. The van der Waals surface area contributed by atoms with Crippen LogP contribution in [0.3, 0.4) is 0 Å². The Morgan fingerprint density at radius 1 is 0.778 bits per heavy atom. The van der Waals surface area contributed by atoms with Crippen LogP contribution in [-0.4, -0.2) is 4.57 Å². The first-order valence-corrected chi connectivity index (χ1v) is 8.65. The van der Waals surface area contributed by atoms with Crippen molar-refractivity contribution >= 4 is 21.8 Å². The second kappa shape index (κ2) is 7.03. The Bertz CT molecular complexity index is 1200. The average molecular weight is 526 g/mol. The van der Waals surface area contributed by atoms with E-state index in [2.05, 4.69) is 84.4 Å². The van der Waals surface area contributed by atoms with E-state index in [9.17, 15) is 0 Å². The van der Waals surface area contributed by atoms with Gasteiger partial charge in [-0.2, -0.15) is 0 Å². The molecule has 0 fully saturated rings. The average Bonchev–Trinajstić information content (AvgIpc) is 3.03. The Hall–Kier alpha value is -2.87. The fourth-order valence-electron chi connectivity index (χ4n) is 3.66. The molecule has 0 saturated heterocycles. The summed E-state index contributed by atoms with van der Waals surface area (Å²) < 4.78 is 4.19. The van der Waals surface area contributed by atoms with Crippen LogP contribution < -0.4 is 4.57 Å². The number of fused-ring (bicyclic) bond motifs is 3. The smallest absolute Gasteiger partial charge is 0.115 e. The minimum absolute atomic E-state index is 0. The molecule has 27 heavy (non-hydrogen) atoms. The van der Waals surface area contributed by atoms with Gasteiger partial charge in [0.15, 0.2) is 0 Å². The van der Waals surface area contributed by atoms with Crippen molar-refractivity contribution in [3.05, 3.63) is 104 Å². The van der Waals surface area contributed by atoms with Gasteiger partial charge in [-0.3, -0.25) is 0 Å². The molecule has 0 amide bonds. The van der Waals surface area contributed by atoms with E-state index < -0.39 is 0 Å². The molecule has 3 heteroatoms. The molecule has 1 radical (unpaired) electrons. The topological polar surface area (TPSA) is 8.81 Å². The second-order valence-corrected chi connectivity index (χ2v) is 6.39. The van der Waals surface area contributed by atoms with Crippen LogP contribution in [0, 0.1) is 13.1 Å². The minimum atomic E-state index is 0. The third-order valence-electron chi connectivity index (χ3n) is 4.84. The van der Waals surface area contributed by atoms with Gasteiger partial charge in [0.05, 0.1) is 17.2 Å². The van der Waals surface area contributed by atoms with Crippen molar-refractivity contribution in [3.63, 3.8) is 0 Å². The van der Waals surface area contributed by atoms with E-state index in [1.54, 1.807) is 0 Å². The van der Waals surface area contributed by atoms with Gasteiger partial charge in [-0.25, -0.2) is 0 Å². The minimum Gasteiger partial charge on any atom is -0.327 e. The summed E-state index contributed by atoms with van der Waals surface area (Å²) in [6, 6.07) is 32.8. The van der Waals surface area contributed by atoms with Gasteiger partial charge in [0.1, 0.15) is 5.69 Å². The second-order valence-electron chi connectivity index (χ2n) is 6.39. The van der Waals surface area contributed by atoms with Crippen LogP contribution in [0.25, 0.3) is 38.8 Å². The van der Waals surface area contributed by atoms with E-state index in [-0.39, 0.29) is 20.1 Å². The Balaban J connectivity index is 0.00000180. The van der Waals surface area contributed by atoms with E-state index >= 15 is 0 Å². The van der Waals surface area contributed by atoms with Crippen molar-refractivity contribution in [3.8, 4) is 16.9 Å². The summed E-state index contributed by atoms with van der Waals surface area (Å²) in [7, 11) is 4.08. The molecule has 5 aromatic rings. The van der Waals surface area contributed by atoms with E-state index in [1.165, 1.54) is 21.8 Å². The maximum atomic E-state index is 4.08. The van der Waals surface area contributed by atoms with Gasteiger partial charge >= 0.3 is 0 Å². The molecule has 0 spiro atoms. The molecule has 2 heterocycles. The molecule has 0 atom stereocenters. The zero-order valence-electron chi connectivity index (χ0n) is 14.6. The Labute approximate surface area is 172 Å². The Morgan fingerprint density at radius 3 is 2.07 bits per heavy atom.